The van der Waals surface area contributed by atoms with Gasteiger partial charge in [0, 0.05) is 37.7 Å². The van der Waals surface area contributed by atoms with E-state index in [9.17, 15) is 18.8 Å². The van der Waals surface area contributed by atoms with Crippen molar-refractivity contribution in [2.45, 2.75) is 25.7 Å². The largest absolute Gasteiger partial charge is 0.339 e. The molecule has 0 aromatic heterocycles. The van der Waals surface area contributed by atoms with E-state index in [1.54, 1.807) is 15.9 Å². The summed E-state index contributed by atoms with van der Waals surface area (Å²) in [5, 5.41) is 2.64. The number of amides is 3. The maximum Gasteiger partial charge on any atom is 0.245 e. The Kier molecular flexibility index (Phi) is 5.35. The topological polar surface area (TPSA) is 69.7 Å². The summed E-state index contributed by atoms with van der Waals surface area (Å²) < 4.78 is 14.1. The van der Waals surface area contributed by atoms with Crippen molar-refractivity contribution < 1.29 is 18.8 Å². The highest BCUT2D eigenvalue weighted by Crippen LogP contribution is 2.27. The van der Waals surface area contributed by atoms with Gasteiger partial charge in [0.05, 0.1) is 5.69 Å². The summed E-state index contributed by atoms with van der Waals surface area (Å²) in [4.78, 5) is 39.2. The standard InChI is InChI=1S/C19H22FN3O3/c1-2-17(24)22-10-7-13(8-11-22)19(26)21-16-12-14(5-6-15(16)20)23-9-3-4-18(23)25/h2,5-6,12-13H,1,3-4,7-11H2,(H,21,26). The highest BCUT2D eigenvalue weighted by molar-refractivity contribution is 5.97. The summed E-state index contributed by atoms with van der Waals surface area (Å²) in [5.74, 6) is -1.21. The number of benzene rings is 1. The molecular weight excluding hydrogens is 337 g/mol. The maximum absolute atomic E-state index is 14.1. The fourth-order valence-corrected chi connectivity index (χ4v) is 3.42. The third-order valence-corrected chi connectivity index (χ3v) is 4.94. The first-order valence-electron chi connectivity index (χ1n) is 8.81. The van der Waals surface area contributed by atoms with Gasteiger partial charge in [-0.15, -0.1) is 0 Å². The number of hydrogen-bond acceptors (Lipinski definition) is 3. The normalized spacial score (nSPS) is 18.1. The maximum atomic E-state index is 14.1. The summed E-state index contributed by atoms with van der Waals surface area (Å²) in [6, 6.07) is 4.32. The van der Waals surface area contributed by atoms with Gasteiger partial charge in [0.25, 0.3) is 0 Å². The molecule has 0 bridgehead atoms. The van der Waals surface area contributed by atoms with Crippen molar-refractivity contribution in [1.82, 2.24) is 4.90 Å². The van der Waals surface area contributed by atoms with Crippen molar-refractivity contribution in [2.24, 2.45) is 5.92 Å². The second kappa shape index (κ2) is 7.68. The Hall–Kier alpha value is -2.70. The predicted octanol–water partition coefficient (Wildman–Crippen LogP) is 2.32. The number of nitrogens with zero attached hydrogens (tertiary/aromatic N) is 2. The molecule has 2 heterocycles. The van der Waals surface area contributed by atoms with Gasteiger partial charge in [-0.1, -0.05) is 6.58 Å². The summed E-state index contributed by atoms with van der Waals surface area (Å²) in [5.41, 5.74) is 0.674. The van der Waals surface area contributed by atoms with Crippen LogP contribution in [0.2, 0.25) is 0 Å². The van der Waals surface area contributed by atoms with Crippen LogP contribution in [0.25, 0.3) is 0 Å². The molecule has 2 aliphatic heterocycles. The van der Waals surface area contributed by atoms with Crippen LogP contribution in [0.5, 0.6) is 0 Å². The highest BCUT2D eigenvalue weighted by Gasteiger charge is 2.27. The second-order valence-electron chi connectivity index (χ2n) is 6.61. The van der Waals surface area contributed by atoms with Crippen LogP contribution >= 0.6 is 0 Å². The van der Waals surface area contributed by atoms with Gasteiger partial charge in [-0.3, -0.25) is 14.4 Å². The SMILES string of the molecule is C=CC(=O)N1CCC(C(=O)Nc2cc(N3CCCC3=O)ccc2F)CC1. The number of halogens is 1. The zero-order valence-electron chi connectivity index (χ0n) is 14.5. The Morgan fingerprint density at radius 3 is 2.58 bits per heavy atom. The first-order chi connectivity index (χ1) is 12.5. The van der Waals surface area contributed by atoms with Gasteiger partial charge in [0.15, 0.2) is 0 Å². The zero-order valence-corrected chi connectivity index (χ0v) is 14.5. The second-order valence-corrected chi connectivity index (χ2v) is 6.61. The molecule has 1 N–H and O–H groups in total. The van der Waals surface area contributed by atoms with Crippen molar-refractivity contribution in [3.63, 3.8) is 0 Å². The van der Waals surface area contributed by atoms with E-state index in [2.05, 4.69) is 11.9 Å². The summed E-state index contributed by atoms with van der Waals surface area (Å²) in [7, 11) is 0. The lowest BCUT2D eigenvalue weighted by Gasteiger charge is -2.30. The highest BCUT2D eigenvalue weighted by atomic mass is 19.1. The van der Waals surface area contributed by atoms with E-state index in [4.69, 9.17) is 0 Å². The molecule has 7 heteroatoms. The lowest BCUT2D eigenvalue weighted by Crippen LogP contribution is -2.40. The smallest absolute Gasteiger partial charge is 0.245 e. The molecule has 0 atom stereocenters. The lowest BCUT2D eigenvalue weighted by molar-refractivity contribution is -0.130. The number of piperidine rings is 1. The monoisotopic (exact) mass is 359 g/mol. The van der Waals surface area contributed by atoms with Crippen molar-refractivity contribution >= 4 is 29.1 Å². The predicted molar refractivity (Wildman–Crippen MR) is 96.1 cm³/mol. The fraction of sp³-hybridized carbons (Fsp3) is 0.421. The van der Waals surface area contributed by atoms with E-state index < -0.39 is 5.82 Å². The van der Waals surface area contributed by atoms with Crippen LogP contribution in [-0.2, 0) is 14.4 Å². The first kappa shape index (κ1) is 18.1. The minimum atomic E-state index is -0.534. The van der Waals surface area contributed by atoms with E-state index in [-0.39, 0.29) is 29.3 Å². The van der Waals surface area contributed by atoms with Gasteiger partial charge in [-0.25, -0.2) is 4.39 Å². The fourth-order valence-electron chi connectivity index (χ4n) is 3.42. The number of carbonyl (C=O) groups is 3. The van der Waals surface area contributed by atoms with Crippen LogP contribution in [0.3, 0.4) is 0 Å². The minimum Gasteiger partial charge on any atom is -0.339 e. The number of hydrogen-bond donors (Lipinski definition) is 1. The number of nitrogens with one attached hydrogen (secondary N) is 1. The van der Waals surface area contributed by atoms with Crippen LogP contribution in [0.1, 0.15) is 25.7 Å². The molecule has 0 saturated carbocycles. The molecule has 3 amide bonds. The Morgan fingerprint density at radius 1 is 1.23 bits per heavy atom. The lowest BCUT2D eigenvalue weighted by atomic mass is 9.95. The van der Waals surface area contributed by atoms with Gasteiger partial charge in [-0.2, -0.15) is 0 Å². The van der Waals surface area contributed by atoms with Crippen LogP contribution in [0.15, 0.2) is 30.9 Å². The van der Waals surface area contributed by atoms with Crippen molar-refractivity contribution in [3.8, 4) is 0 Å². The molecule has 26 heavy (non-hydrogen) atoms. The molecule has 2 saturated heterocycles. The van der Waals surface area contributed by atoms with E-state index in [0.717, 1.165) is 6.42 Å². The average molecular weight is 359 g/mol. The molecule has 3 rings (SSSR count). The number of rotatable bonds is 4. The van der Waals surface area contributed by atoms with E-state index in [0.29, 0.717) is 44.6 Å². The number of likely N-dealkylation sites (tertiary alicyclic amines) is 1. The quantitative estimate of drug-likeness (QED) is 0.839. The molecule has 1 aromatic carbocycles. The van der Waals surface area contributed by atoms with Crippen LogP contribution in [0, 0.1) is 11.7 Å². The molecule has 0 radical (unpaired) electrons. The molecule has 0 unspecified atom stereocenters. The summed E-state index contributed by atoms with van der Waals surface area (Å²) in [6.45, 7) is 5.03. The minimum absolute atomic E-state index is 0.00754. The molecule has 6 nitrogen and oxygen atoms in total. The Bertz CT molecular complexity index is 742. The van der Waals surface area contributed by atoms with Crippen molar-refractivity contribution in [2.75, 3.05) is 29.9 Å². The average Bonchev–Trinajstić information content (AvgIpc) is 3.09. The molecule has 138 valence electrons. The first-order valence-corrected chi connectivity index (χ1v) is 8.81. The van der Waals surface area contributed by atoms with Gasteiger partial charge < -0.3 is 15.1 Å². The molecule has 0 spiro atoms. The van der Waals surface area contributed by atoms with Gasteiger partial charge in [0.1, 0.15) is 5.82 Å². The van der Waals surface area contributed by atoms with Crippen molar-refractivity contribution in [3.05, 3.63) is 36.7 Å². The van der Waals surface area contributed by atoms with Crippen LogP contribution < -0.4 is 10.2 Å². The third kappa shape index (κ3) is 3.76. The van der Waals surface area contributed by atoms with Crippen molar-refractivity contribution in [1.29, 1.82) is 0 Å². The summed E-state index contributed by atoms with van der Waals surface area (Å²) >= 11 is 0. The third-order valence-electron chi connectivity index (χ3n) is 4.94. The molecule has 2 aliphatic rings. The number of carbonyl (C=O) groups excluding carboxylic acids is 3. The van der Waals surface area contributed by atoms with E-state index >= 15 is 0 Å². The Morgan fingerprint density at radius 2 is 1.96 bits per heavy atom. The van der Waals surface area contributed by atoms with Gasteiger partial charge in [-0.05, 0) is 43.5 Å². The number of anilines is 2. The molecule has 0 aliphatic carbocycles. The zero-order chi connectivity index (χ0) is 18.7. The Labute approximate surface area is 151 Å². The van der Waals surface area contributed by atoms with E-state index in [1.165, 1.54) is 18.2 Å². The molecule has 2 fully saturated rings. The van der Waals surface area contributed by atoms with E-state index in [1.807, 2.05) is 0 Å². The van der Waals surface area contributed by atoms with Crippen LogP contribution in [-0.4, -0.2) is 42.3 Å². The van der Waals surface area contributed by atoms with Gasteiger partial charge >= 0.3 is 0 Å². The summed E-state index contributed by atoms with van der Waals surface area (Å²) in [6.07, 6.45) is 3.58. The van der Waals surface area contributed by atoms with Gasteiger partial charge in [0.2, 0.25) is 17.7 Å². The molecule has 1 aromatic rings. The van der Waals surface area contributed by atoms with Crippen LogP contribution in [0.4, 0.5) is 15.8 Å². The molecular formula is C19H22FN3O3. The Balaban J connectivity index is 1.65.